The molecule has 1 aliphatic carbocycles. The lowest BCUT2D eigenvalue weighted by Crippen LogP contribution is -2.39. The molecule has 0 radical (unpaired) electrons. The van der Waals surface area contributed by atoms with Gasteiger partial charge in [0.2, 0.25) is 5.91 Å². The van der Waals surface area contributed by atoms with E-state index >= 15 is 0 Å². The van der Waals surface area contributed by atoms with Crippen molar-refractivity contribution >= 4 is 23.7 Å². The molecule has 0 saturated heterocycles. The maximum absolute atomic E-state index is 13.1. The third-order valence-corrected chi connectivity index (χ3v) is 5.61. The molecule has 1 heterocycles. The van der Waals surface area contributed by atoms with Gasteiger partial charge in [-0.15, -0.1) is 0 Å². The molecule has 1 amide bonds. The summed E-state index contributed by atoms with van der Waals surface area (Å²) in [5.41, 5.74) is 1.59. The zero-order valence-corrected chi connectivity index (χ0v) is 18.8. The Morgan fingerprint density at radius 2 is 1.80 bits per heavy atom. The quantitative estimate of drug-likeness (QED) is 0.504. The van der Waals surface area contributed by atoms with Crippen LogP contribution in [0.2, 0.25) is 0 Å². The van der Waals surface area contributed by atoms with E-state index in [1.54, 1.807) is 13.1 Å². The number of carbonyl (C=O) groups is 3. The lowest BCUT2D eigenvalue weighted by atomic mass is 9.74. The second-order valence-corrected chi connectivity index (χ2v) is 8.87. The Labute approximate surface area is 178 Å². The summed E-state index contributed by atoms with van der Waals surface area (Å²) >= 11 is 0. The zero-order valence-electron chi connectivity index (χ0n) is 18.8. The molecule has 0 aliphatic heterocycles. The molecule has 0 spiro atoms. The van der Waals surface area contributed by atoms with Crippen molar-refractivity contribution in [2.24, 2.45) is 17.8 Å². The first-order valence-corrected chi connectivity index (χ1v) is 10.5. The number of ether oxygens (including phenoxy) is 2. The van der Waals surface area contributed by atoms with Crippen LogP contribution >= 0.6 is 0 Å². The van der Waals surface area contributed by atoms with Crippen LogP contribution in [0.1, 0.15) is 76.2 Å². The predicted molar refractivity (Wildman–Crippen MR) is 115 cm³/mol. The van der Waals surface area contributed by atoms with E-state index in [9.17, 15) is 14.4 Å². The number of nitrogens with one attached hydrogen (secondary N) is 2. The van der Waals surface area contributed by atoms with Gasteiger partial charge in [-0.2, -0.15) is 0 Å². The number of aromatic nitrogens is 1. The summed E-state index contributed by atoms with van der Waals surface area (Å²) in [4.78, 5) is 39.3. The van der Waals surface area contributed by atoms with Crippen molar-refractivity contribution < 1.29 is 23.9 Å². The number of aromatic amines is 1. The molecule has 30 heavy (non-hydrogen) atoms. The highest BCUT2D eigenvalue weighted by Gasteiger charge is 2.37. The molecule has 7 nitrogen and oxygen atoms in total. The SMILES string of the molecule is C=C(C)C(=O)OCC1CC(C)C(OC(=O)c2c(C(C)C)c[nH]c2NC(C)=O)C(C)C1. The average molecular weight is 419 g/mol. The zero-order chi connectivity index (χ0) is 22.6. The fourth-order valence-electron chi connectivity index (χ4n) is 4.23. The van der Waals surface area contributed by atoms with Crippen LogP contribution < -0.4 is 5.32 Å². The van der Waals surface area contributed by atoms with Gasteiger partial charge in [0.25, 0.3) is 0 Å². The Kier molecular flexibility index (Phi) is 7.87. The van der Waals surface area contributed by atoms with Gasteiger partial charge in [-0.1, -0.05) is 34.3 Å². The van der Waals surface area contributed by atoms with Crippen molar-refractivity contribution in [2.75, 3.05) is 11.9 Å². The molecular formula is C23H34N2O5. The fraction of sp³-hybridized carbons (Fsp3) is 0.609. The van der Waals surface area contributed by atoms with E-state index < -0.39 is 5.97 Å². The highest BCUT2D eigenvalue weighted by molar-refractivity contribution is 6.01. The van der Waals surface area contributed by atoms with Gasteiger partial charge in [-0.05, 0) is 49.0 Å². The maximum atomic E-state index is 13.1. The summed E-state index contributed by atoms with van der Waals surface area (Å²) < 4.78 is 11.3. The number of anilines is 1. The normalized spacial score (nSPS) is 23.7. The number of H-pyrrole nitrogens is 1. The highest BCUT2D eigenvalue weighted by Crippen LogP contribution is 2.37. The summed E-state index contributed by atoms with van der Waals surface area (Å²) in [7, 11) is 0. The van der Waals surface area contributed by atoms with Crippen LogP contribution in [0.4, 0.5) is 5.82 Å². The fourth-order valence-corrected chi connectivity index (χ4v) is 4.23. The number of esters is 2. The van der Waals surface area contributed by atoms with E-state index in [1.165, 1.54) is 6.92 Å². The van der Waals surface area contributed by atoms with E-state index in [2.05, 4.69) is 30.7 Å². The van der Waals surface area contributed by atoms with Crippen LogP contribution in [0.3, 0.4) is 0 Å². The van der Waals surface area contributed by atoms with Gasteiger partial charge in [0.15, 0.2) is 0 Å². The van der Waals surface area contributed by atoms with Crippen LogP contribution in [0.5, 0.6) is 0 Å². The molecule has 1 fully saturated rings. The third-order valence-electron chi connectivity index (χ3n) is 5.61. The van der Waals surface area contributed by atoms with E-state index in [0.717, 1.165) is 18.4 Å². The molecule has 1 aromatic rings. The van der Waals surface area contributed by atoms with Crippen LogP contribution in [0.25, 0.3) is 0 Å². The van der Waals surface area contributed by atoms with E-state index in [1.807, 2.05) is 13.8 Å². The van der Waals surface area contributed by atoms with E-state index in [-0.39, 0.29) is 41.7 Å². The van der Waals surface area contributed by atoms with Gasteiger partial charge in [0.05, 0.1) is 6.61 Å². The molecule has 2 N–H and O–H groups in total. The van der Waals surface area contributed by atoms with Crippen LogP contribution in [-0.4, -0.2) is 35.5 Å². The molecular weight excluding hydrogens is 384 g/mol. The summed E-state index contributed by atoms with van der Waals surface area (Å²) in [5, 5.41) is 2.68. The molecule has 2 atom stereocenters. The number of rotatable bonds is 7. The van der Waals surface area contributed by atoms with Gasteiger partial charge in [-0.25, -0.2) is 9.59 Å². The molecule has 0 aromatic carbocycles. The van der Waals surface area contributed by atoms with Crippen LogP contribution in [-0.2, 0) is 19.1 Å². The van der Waals surface area contributed by atoms with Crippen molar-refractivity contribution in [1.82, 2.24) is 4.98 Å². The van der Waals surface area contributed by atoms with Gasteiger partial charge >= 0.3 is 11.9 Å². The lowest BCUT2D eigenvalue weighted by molar-refractivity contribution is -0.141. The predicted octanol–water partition coefficient (Wildman–Crippen LogP) is 4.42. The summed E-state index contributed by atoms with van der Waals surface area (Å²) in [6.07, 6.45) is 3.10. The summed E-state index contributed by atoms with van der Waals surface area (Å²) in [5.74, 6) is -0.123. The lowest BCUT2D eigenvalue weighted by Gasteiger charge is -2.38. The smallest absolute Gasteiger partial charge is 0.342 e. The first-order valence-electron chi connectivity index (χ1n) is 10.5. The topological polar surface area (TPSA) is 97.5 Å². The number of hydrogen-bond acceptors (Lipinski definition) is 5. The Balaban J connectivity index is 2.09. The monoisotopic (exact) mass is 418 g/mol. The van der Waals surface area contributed by atoms with Gasteiger partial charge in [0, 0.05) is 18.7 Å². The Morgan fingerprint density at radius 3 is 2.30 bits per heavy atom. The van der Waals surface area contributed by atoms with Crippen molar-refractivity contribution in [3.05, 3.63) is 29.5 Å². The first-order chi connectivity index (χ1) is 14.0. The molecule has 1 aromatic heterocycles. The van der Waals surface area contributed by atoms with Crippen molar-refractivity contribution in [2.45, 2.75) is 66.4 Å². The molecule has 1 saturated carbocycles. The Bertz CT molecular complexity index is 799. The molecule has 7 heteroatoms. The third kappa shape index (κ3) is 5.74. The Hall–Kier alpha value is -2.57. The standard InChI is InChI=1S/C23H34N2O5/c1-12(2)18-10-24-21(25-16(7)26)19(18)23(28)30-20-14(5)8-17(9-15(20)6)11-29-22(27)13(3)4/h10,12,14-15,17,20,24H,3,8-9,11H2,1-2,4-7H3,(H,25,26). The molecule has 166 valence electrons. The number of hydrogen-bond donors (Lipinski definition) is 2. The second kappa shape index (κ2) is 9.96. The van der Waals surface area contributed by atoms with Crippen LogP contribution in [0.15, 0.2) is 18.3 Å². The minimum absolute atomic E-state index is 0.0971. The van der Waals surface area contributed by atoms with Gasteiger partial charge in [0.1, 0.15) is 17.5 Å². The van der Waals surface area contributed by atoms with Gasteiger partial charge in [-0.3, -0.25) is 4.79 Å². The van der Waals surface area contributed by atoms with Crippen molar-refractivity contribution in [3.63, 3.8) is 0 Å². The van der Waals surface area contributed by atoms with Crippen LogP contribution in [0, 0.1) is 17.8 Å². The average Bonchev–Trinajstić information content (AvgIpc) is 3.05. The van der Waals surface area contributed by atoms with E-state index in [0.29, 0.717) is 23.6 Å². The van der Waals surface area contributed by atoms with Crippen molar-refractivity contribution in [1.29, 1.82) is 0 Å². The molecule has 0 bridgehead atoms. The minimum atomic E-state index is -0.431. The summed E-state index contributed by atoms with van der Waals surface area (Å²) in [6, 6.07) is 0. The summed E-state index contributed by atoms with van der Waals surface area (Å²) in [6.45, 7) is 15.1. The number of carbonyl (C=O) groups excluding carboxylic acids is 3. The maximum Gasteiger partial charge on any atom is 0.342 e. The molecule has 1 aliphatic rings. The minimum Gasteiger partial charge on any atom is -0.462 e. The molecule has 2 rings (SSSR count). The van der Waals surface area contributed by atoms with Crippen molar-refractivity contribution in [3.8, 4) is 0 Å². The van der Waals surface area contributed by atoms with E-state index in [4.69, 9.17) is 9.47 Å². The first kappa shape index (κ1) is 23.7. The largest absolute Gasteiger partial charge is 0.462 e. The van der Waals surface area contributed by atoms with Gasteiger partial charge < -0.3 is 19.8 Å². The molecule has 2 unspecified atom stereocenters. The Morgan fingerprint density at radius 1 is 1.20 bits per heavy atom. The number of amides is 1. The second-order valence-electron chi connectivity index (χ2n) is 8.87. The highest BCUT2D eigenvalue weighted by atomic mass is 16.5.